The van der Waals surface area contributed by atoms with Crippen molar-refractivity contribution in [2.75, 3.05) is 0 Å². The second-order valence-electron chi connectivity index (χ2n) is 4.37. The van der Waals surface area contributed by atoms with Crippen LogP contribution in [0.2, 0.25) is 0 Å². The average Bonchev–Trinajstić information content (AvgIpc) is 2.38. The highest BCUT2D eigenvalue weighted by molar-refractivity contribution is 9.10. The standard InChI is InChI=1S/C14H12Br2F2N2/c15-10-3-8(4-11(17)7-10)5-14(20-19)9-1-2-13(18)12(16)6-9/h1-4,6-7,14,20H,5,19H2. The zero-order valence-electron chi connectivity index (χ0n) is 10.3. The van der Waals surface area contributed by atoms with Gasteiger partial charge in [-0.3, -0.25) is 11.3 Å². The van der Waals surface area contributed by atoms with Gasteiger partial charge in [0.1, 0.15) is 11.6 Å². The molecule has 0 aliphatic carbocycles. The van der Waals surface area contributed by atoms with E-state index in [0.29, 0.717) is 15.4 Å². The lowest BCUT2D eigenvalue weighted by atomic mass is 9.99. The van der Waals surface area contributed by atoms with Crippen LogP contribution >= 0.6 is 31.9 Å². The topological polar surface area (TPSA) is 38.0 Å². The van der Waals surface area contributed by atoms with Crippen LogP contribution in [-0.4, -0.2) is 0 Å². The van der Waals surface area contributed by atoms with E-state index in [4.69, 9.17) is 5.84 Å². The third-order valence-corrected chi connectivity index (χ3v) is 3.97. The molecule has 2 nitrogen and oxygen atoms in total. The summed E-state index contributed by atoms with van der Waals surface area (Å²) in [6, 6.07) is 9.11. The SMILES string of the molecule is NNC(Cc1cc(F)cc(Br)c1)c1ccc(F)c(Br)c1. The zero-order valence-corrected chi connectivity index (χ0v) is 13.5. The summed E-state index contributed by atoms with van der Waals surface area (Å²) >= 11 is 6.39. The van der Waals surface area contributed by atoms with E-state index in [-0.39, 0.29) is 17.7 Å². The Bertz CT molecular complexity index is 600. The van der Waals surface area contributed by atoms with Crippen LogP contribution in [0, 0.1) is 11.6 Å². The lowest BCUT2D eigenvalue weighted by Crippen LogP contribution is -2.29. The predicted octanol–water partition coefficient (Wildman–Crippen LogP) is 4.24. The molecule has 0 saturated heterocycles. The van der Waals surface area contributed by atoms with Crippen LogP contribution in [0.15, 0.2) is 45.3 Å². The summed E-state index contributed by atoms with van der Waals surface area (Å²) in [5.74, 6) is 4.90. The fourth-order valence-electron chi connectivity index (χ4n) is 1.97. The Labute approximate surface area is 132 Å². The van der Waals surface area contributed by atoms with E-state index in [9.17, 15) is 8.78 Å². The molecule has 106 valence electrons. The Balaban J connectivity index is 2.26. The lowest BCUT2D eigenvalue weighted by molar-refractivity contribution is 0.545. The first-order chi connectivity index (χ1) is 9.49. The van der Waals surface area contributed by atoms with Crippen LogP contribution in [0.1, 0.15) is 17.2 Å². The Morgan fingerprint density at radius 2 is 1.85 bits per heavy atom. The number of benzene rings is 2. The highest BCUT2D eigenvalue weighted by Crippen LogP contribution is 2.25. The molecule has 0 radical (unpaired) electrons. The van der Waals surface area contributed by atoms with Crippen LogP contribution in [0.25, 0.3) is 0 Å². The number of nitrogens with one attached hydrogen (secondary N) is 1. The third-order valence-electron chi connectivity index (χ3n) is 2.91. The molecule has 3 N–H and O–H groups in total. The molecule has 0 saturated carbocycles. The Morgan fingerprint density at radius 3 is 2.45 bits per heavy atom. The summed E-state index contributed by atoms with van der Waals surface area (Å²) in [4.78, 5) is 0. The minimum atomic E-state index is -0.335. The van der Waals surface area contributed by atoms with Gasteiger partial charge in [-0.25, -0.2) is 8.78 Å². The molecule has 0 heterocycles. The summed E-state index contributed by atoms with van der Waals surface area (Å²) in [6.45, 7) is 0. The van der Waals surface area contributed by atoms with Crippen LogP contribution < -0.4 is 11.3 Å². The lowest BCUT2D eigenvalue weighted by Gasteiger charge is -2.17. The van der Waals surface area contributed by atoms with Crippen LogP contribution in [0.4, 0.5) is 8.78 Å². The summed E-state index contributed by atoms with van der Waals surface area (Å²) in [5, 5.41) is 0. The molecular formula is C14H12Br2F2N2. The smallest absolute Gasteiger partial charge is 0.137 e. The fraction of sp³-hybridized carbons (Fsp3) is 0.143. The van der Waals surface area contributed by atoms with Gasteiger partial charge in [-0.05, 0) is 63.8 Å². The molecule has 6 heteroatoms. The first-order valence-electron chi connectivity index (χ1n) is 5.85. The molecule has 20 heavy (non-hydrogen) atoms. The van der Waals surface area contributed by atoms with E-state index in [1.807, 2.05) is 6.07 Å². The number of rotatable bonds is 4. The fourth-order valence-corrected chi connectivity index (χ4v) is 2.88. The van der Waals surface area contributed by atoms with Crippen molar-refractivity contribution in [3.8, 4) is 0 Å². The van der Waals surface area contributed by atoms with Gasteiger partial charge >= 0.3 is 0 Å². The molecule has 0 aliphatic heterocycles. The number of halogens is 4. The van der Waals surface area contributed by atoms with E-state index in [0.717, 1.165) is 11.1 Å². The monoisotopic (exact) mass is 404 g/mol. The van der Waals surface area contributed by atoms with Crippen molar-refractivity contribution < 1.29 is 8.78 Å². The first kappa shape index (κ1) is 15.6. The van der Waals surface area contributed by atoms with Gasteiger partial charge in [-0.2, -0.15) is 0 Å². The molecule has 2 rings (SSSR count). The van der Waals surface area contributed by atoms with E-state index >= 15 is 0 Å². The van der Waals surface area contributed by atoms with E-state index < -0.39 is 0 Å². The summed E-state index contributed by atoms with van der Waals surface area (Å²) in [6.07, 6.45) is 0.491. The molecule has 1 atom stereocenters. The molecule has 1 unspecified atom stereocenters. The molecule has 2 aromatic rings. The highest BCUT2D eigenvalue weighted by atomic mass is 79.9. The van der Waals surface area contributed by atoms with Gasteiger partial charge in [0.15, 0.2) is 0 Å². The van der Waals surface area contributed by atoms with Crippen LogP contribution in [0.5, 0.6) is 0 Å². The maximum absolute atomic E-state index is 13.4. The van der Waals surface area contributed by atoms with Crippen molar-refractivity contribution in [1.29, 1.82) is 0 Å². The molecule has 0 aromatic heterocycles. The number of nitrogens with two attached hydrogens (primary N) is 1. The minimum Gasteiger partial charge on any atom is -0.271 e. The van der Waals surface area contributed by atoms with E-state index in [1.54, 1.807) is 12.1 Å². The molecule has 0 bridgehead atoms. The minimum absolute atomic E-state index is 0.236. The second kappa shape index (κ2) is 6.76. The average molecular weight is 406 g/mol. The third kappa shape index (κ3) is 3.85. The molecule has 0 aliphatic rings. The molecule has 0 spiro atoms. The van der Waals surface area contributed by atoms with Gasteiger partial charge in [0, 0.05) is 4.47 Å². The van der Waals surface area contributed by atoms with Crippen molar-refractivity contribution >= 4 is 31.9 Å². The van der Waals surface area contributed by atoms with Crippen LogP contribution in [0.3, 0.4) is 0 Å². The van der Waals surface area contributed by atoms with Gasteiger partial charge in [0.2, 0.25) is 0 Å². The Hall–Kier alpha value is -0.820. The van der Waals surface area contributed by atoms with Crippen LogP contribution in [-0.2, 0) is 6.42 Å². The summed E-state index contributed by atoms with van der Waals surface area (Å²) in [5.41, 5.74) is 4.28. The highest BCUT2D eigenvalue weighted by Gasteiger charge is 2.13. The Kier molecular flexibility index (Phi) is 5.26. The summed E-state index contributed by atoms with van der Waals surface area (Å²) in [7, 11) is 0. The maximum atomic E-state index is 13.4. The molecule has 0 fully saturated rings. The van der Waals surface area contributed by atoms with Crippen molar-refractivity contribution in [2.45, 2.75) is 12.5 Å². The molecular weight excluding hydrogens is 394 g/mol. The van der Waals surface area contributed by atoms with Crippen molar-refractivity contribution in [3.05, 3.63) is 68.1 Å². The van der Waals surface area contributed by atoms with Gasteiger partial charge < -0.3 is 0 Å². The van der Waals surface area contributed by atoms with Crippen molar-refractivity contribution in [1.82, 2.24) is 5.43 Å². The van der Waals surface area contributed by atoms with Gasteiger partial charge in [-0.15, -0.1) is 0 Å². The largest absolute Gasteiger partial charge is 0.271 e. The molecule has 0 amide bonds. The quantitative estimate of drug-likeness (QED) is 0.589. The normalized spacial score (nSPS) is 12.4. The van der Waals surface area contributed by atoms with E-state index in [2.05, 4.69) is 37.3 Å². The van der Waals surface area contributed by atoms with Gasteiger partial charge in [0.05, 0.1) is 10.5 Å². The van der Waals surface area contributed by atoms with E-state index in [1.165, 1.54) is 18.2 Å². The maximum Gasteiger partial charge on any atom is 0.137 e. The summed E-state index contributed by atoms with van der Waals surface area (Å²) < 4.78 is 27.6. The van der Waals surface area contributed by atoms with Crippen molar-refractivity contribution in [3.63, 3.8) is 0 Å². The number of hydrogen-bond acceptors (Lipinski definition) is 2. The van der Waals surface area contributed by atoms with Gasteiger partial charge in [-0.1, -0.05) is 22.0 Å². The predicted molar refractivity (Wildman–Crippen MR) is 82.0 cm³/mol. The number of hydrazine groups is 1. The number of hydrogen-bond donors (Lipinski definition) is 2. The van der Waals surface area contributed by atoms with Crippen molar-refractivity contribution in [2.24, 2.45) is 5.84 Å². The second-order valence-corrected chi connectivity index (χ2v) is 6.14. The first-order valence-corrected chi connectivity index (χ1v) is 7.44. The Morgan fingerprint density at radius 1 is 1.10 bits per heavy atom. The molecule has 2 aromatic carbocycles. The van der Waals surface area contributed by atoms with Gasteiger partial charge in [0.25, 0.3) is 0 Å². The zero-order chi connectivity index (χ0) is 14.7.